The first-order valence-electron chi connectivity index (χ1n) is 5.13. The molecule has 0 saturated carbocycles. The second kappa shape index (κ2) is 4.94. The van der Waals surface area contributed by atoms with Gasteiger partial charge in [-0.1, -0.05) is 13.8 Å². The van der Waals surface area contributed by atoms with Gasteiger partial charge in [0, 0.05) is 17.8 Å². The largest absolute Gasteiger partial charge is 0.368 e. The lowest BCUT2D eigenvalue weighted by molar-refractivity contribution is 0.538. The molecule has 0 aliphatic carbocycles. The SMILES string of the molecule is Cc1cc(NC(C)CC(C)C)ncn1. The van der Waals surface area contributed by atoms with E-state index in [1.54, 1.807) is 6.33 Å². The van der Waals surface area contributed by atoms with Crippen molar-refractivity contribution in [3.8, 4) is 0 Å². The van der Waals surface area contributed by atoms with Crippen LogP contribution in [0.25, 0.3) is 0 Å². The van der Waals surface area contributed by atoms with Gasteiger partial charge in [-0.2, -0.15) is 0 Å². The monoisotopic (exact) mass is 193 g/mol. The van der Waals surface area contributed by atoms with E-state index in [0.717, 1.165) is 17.9 Å². The van der Waals surface area contributed by atoms with Gasteiger partial charge in [-0.15, -0.1) is 0 Å². The Hall–Kier alpha value is -1.12. The van der Waals surface area contributed by atoms with Crippen molar-refractivity contribution in [3.05, 3.63) is 18.1 Å². The van der Waals surface area contributed by atoms with Crippen molar-refractivity contribution >= 4 is 5.82 Å². The van der Waals surface area contributed by atoms with E-state index in [0.29, 0.717) is 12.0 Å². The second-order valence-corrected chi connectivity index (χ2v) is 4.22. The molecule has 0 fully saturated rings. The Bertz CT molecular complexity index is 284. The number of nitrogens with one attached hydrogen (secondary N) is 1. The smallest absolute Gasteiger partial charge is 0.129 e. The molecule has 0 aliphatic rings. The average Bonchev–Trinajstić information content (AvgIpc) is 2.01. The number of aryl methyl sites for hydroxylation is 1. The number of hydrogen-bond acceptors (Lipinski definition) is 3. The fourth-order valence-corrected chi connectivity index (χ4v) is 1.55. The van der Waals surface area contributed by atoms with Crippen LogP contribution in [0.5, 0.6) is 0 Å². The average molecular weight is 193 g/mol. The molecule has 0 bridgehead atoms. The molecule has 3 heteroatoms. The van der Waals surface area contributed by atoms with Gasteiger partial charge in [0.15, 0.2) is 0 Å². The van der Waals surface area contributed by atoms with Gasteiger partial charge in [-0.05, 0) is 26.2 Å². The minimum atomic E-state index is 0.462. The number of aromatic nitrogens is 2. The van der Waals surface area contributed by atoms with Crippen LogP contribution in [0.15, 0.2) is 12.4 Å². The van der Waals surface area contributed by atoms with E-state index in [1.807, 2.05) is 13.0 Å². The summed E-state index contributed by atoms with van der Waals surface area (Å²) < 4.78 is 0. The third-order valence-corrected chi connectivity index (χ3v) is 2.02. The summed E-state index contributed by atoms with van der Waals surface area (Å²) >= 11 is 0. The zero-order valence-corrected chi connectivity index (χ0v) is 9.41. The molecular weight excluding hydrogens is 174 g/mol. The quantitative estimate of drug-likeness (QED) is 0.798. The summed E-state index contributed by atoms with van der Waals surface area (Å²) in [6.45, 7) is 8.60. The van der Waals surface area contributed by atoms with Crippen LogP contribution in [-0.2, 0) is 0 Å². The Balaban J connectivity index is 2.51. The van der Waals surface area contributed by atoms with Crippen molar-refractivity contribution in [2.45, 2.75) is 40.2 Å². The van der Waals surface area contributed by atoms with Gasteiger partial charge < -0.3 is 5.32 Å². The number of hydrogen-bond donors (Lipinski definition) is 1. The summed E-state index contributed by atoms with van der Waals surface area (Å²) in [5.41, 5.74) is 0.999. The fourth-order valence-electron chi connectivity index (χ4n) is 1.55. The van der Waals surface area contributed by atoms with E-state index in [9.17, 15) is 0 Å². The minimum absolute atomic E-state index is 0.462. The molecule has 78 valence electrons. The Labute approximate surface area is 86.0 Å². The molecule has 0 aliphatic heterocycles. The highest BCUT2D eigenvalue weighted by atomic mass is 15.0. The third-order valence-electron chi connectivity index (χ3n) is 2.02. The van der Waals surface area contributed by atoms with E-state index < -0.39 is 0 Å². The van der Waals surface area contributed by atoms with Crippen LogP contribution in [0.4, 0.5) is 5.82 Å². The van der Waals surface area contributed by atoms with E-state index in [4.69, 9.17) is 0 Å². The Morgan fingerprint density at radius 2 is 2.00 bits per heavy atom. The van der Waals surface area contributed by atoms with E-state index >= 15 is 0 Å². The molecule has 14 heavy (non-hydrogen) atoms. The van der Waals surface area contributed by atoms with E-state index in [1.165, 1.54) is 0 Å². The minimum Gasteiger partial charge on any atom is -0.368 e. The summed E-state index contributed by atoms with van der Waals surface area (Å²) in [5.74, 6) is 1.63. The number of nitrogens with zero attached hydrogens (tertiary/aromatic N) is 2. The van der Waals surface area contributed by atoms with Crippen molar-refractivity contribution in [2.75, 3.05) is 5.32 Å². The van der Waals surface area contributed by atoms with Gasteiger partial charge in [0.1, 0.15) is 12.1 Å². The molecule has 0 aromatic carbocycles. The Morgan fingerprint density at radius 1 is 1.29 bits per heavy atom. The molecule has 1 heterocycles. The summed E-state index contributed by atoms with van der Waals surface area (Å²) in [7, 11) is 0. The van der Waals surface area contributed by atoms with Crippen LogP contribution in [0.2, 0.25) is 0 Å². The van der Waals surface area contributed by atoms with Crippen LogP contribution < -0.4 is 5.32 Å². The maximum absolute atomic E-state index is 4.16. The molecule has 3 nitrogen and oxygen atoms in total. The van der Waals surface area contributed by atoms with Crippen LogP contribution in [0.3, 0.4) is 0 Å². The van der Waals surface area contributed by atoms with E-state index in [-0.39, 0.29) is 0 Å². The summed E-state index contributed by atoms with van der Waals surface area (Å²) in [6, 6.07) is 2.43. The van der Waals surface area contributed by atoms with Gasteiger partial charge in [-0.3, -0.25) is 0 Å². The van der Waals surface area contributed by atoms with Crippen molar-refractivity contribution in [2.24, 2.45) is 5.92 Å². The second-order valence-electron chi connectivity index (χ2n) is 4.22. The van der Waals surface area contributed by atoms with Crippen LogP contribution in [0.1, 0.15) is 32.9 Å². The molecule has 1 unspecified atom stereocenters. The lowest BCUT2D eigenvalue weighted by Crippen LogP contribution is -2.18. The Morgan fingerprint density at radius 3 is 2.57 bits per heavy atom. The summed E-state index contributed by atoms with van der Waals surface area (Å²) in [5, 5.41) is 3.36. The predicted octanol–water partition coefficient (Wildman–Crippen LogP) is 2.63. The molecule has 1 aromatic heterocycles. The van der Waals surface area contributed by atoms with Gasteiger partial charge in [0.25, 0.3) is 0 Å². The highest BCUT2D eigenvalue weighted by Gasteiger charge is 2.05. The molecule has 1 N–H and O–H groups in total. The van der Waals surface area contributed by atoms with Crippen LogP contribution in [0, 0.1) is 12.8 Å². The number of rotatable bonds is 4. The zero-order chi connectivity index (χ0) is 10.6. The normalized spacial score (nSPS) is 12.9. The highest BCUT2D eigenvalue weighted by molar-refractivity contribution is 5.35. The molecule has 0 spiro atoms. The Kier molecular flexibility index (Phi) is 3.86. The summed E-state index contributed by atoms with van der Waals surface area (Å²) in [6.07, 6.45) is 2.75. The first kappa shape index (κ1) is 11.0. The van der Waals surface area contributed by atoms with Gasteiger partial charge in [0.2, 0.25) is 0 Å². The molecule has 1 atom stereocenters. The third kappa shape index (κ3) is 3.73. The van der Waals surface area contributed by atoms with Gasteiger partial charge >= 0.3 is 0 Å². The van der Waals surface area contributed by atoms with Crippen molar-refractivity contribution in [1.29, 1.82) is 0 Å². The predicted molar refractivity (Wildman–Crippen MR) is 59.3 cm³/mol. The fraction of sp³-hybridized carbons (Fsp3) is 0.636. The first-order chi connectivity index (χ1) is 6.58. The molecule has 1 rings (SSSR count). The van der Waals surface area contributed by atoms with Gasteiger partial charge in [0.05, 0.1) is 0 Å². The summed E-state index contributed by atoms with van der Waals surface area (Å²) in [4.78, 5) is 8.22. The van der Waals surface area contributed by atoms with Crippen LogP contribution >= 0.6 is 0 Å². The molecule has 1 aromatic rings. The molecule has 0 amide bonds. The molecular formula is C11H19N3. The van der Waals surface area contributed by atoms with E-state index in [2.05, 4.69) is 36.1 Å². The maximum Gasteiger partial charge on any atom is 0.129 e. The van der Waals surface area contributed by atoms with Crippen LogP contribution in [-0.4, -0.2) is 16.0 Å². The number of anilines is 1. The lowest BCUT2D eigenvalue weighted by Gasteiger charge is -2.16. The van der Waals surface area contributed by atoms with Crippen molar-refractivity contribution in [3.63, 3.8) is 0 Å². The molecule has 0 radical (unpaired) electrons. The zero-order valence-electron chi connectivity index (χ0n) is 9.41. The maximum atomic E-state index is 4.16. The topological polar surface area (TPSA) is 37.8 Å². The highest BCUT2D eigenvalue weighted by Crippen LogP contribution is 2.10. The van der Waals surface area contributed by atoms with Crippen molar-refractivity contribution in [1.82, 2.24) is 9.97 Å². The standard InChI is InChI=1S/C11H19N3/c1-8(2)5-10(4)14-11-6-9(3)12-7-13-11/h6-8,10H,5H2,1-4H3,(H,12,13,14). The van der Waals surface area contributed by atoms with Crippen molar-refractivity contribution < 1.29 is 0 Å². The molecule has 0 saturated heterocycles. The first-order valence-corrected chi connectivity index (χ1v) is 5.13. The van der Waals surface area contributed by atoms with Gasteiger partial charge in [-0.25, -0.2) is 9.97 Å². The lowest BCUT2D eigenvalue weighted by atomic mass is 10.1.